The van der Waals surface area contributed by atoms with E-state index in [1.807, 2.05) is 41.1 Å². The summed E-state index contributed by atoms with van der Waals surface area (Å²) in [6.07, 6.45) is 3.11. The van der Waals surface area contributed by atoms with Crippen molar-refractivity contribution in [2.45, 2.75) is 44.9 Å². The lowest BCUT2D eigenvalue weighted by Crippen LogP contribution is -2.39. The van der Waals surface area contributed by atoms with Gasteiger partial charge in [0, 0.05) is 18.5 Å². The lowest BCUT2D eigenvalue weighted by atomic mass is 9.96. The highest BCUT2D eigenvalue weighted by Crippen LogP contribution is 2.27. The maximum absolute atomic E-state index is 13.0. The van der Waals surface area contributed by atoms with Gasteiger partial charge in [-0.3, -0.25) is 9.48 Å². The minimum absolute atomic E-state index is 0.0792. The molecule has 1 atom stereocenters. The van der Waals surface area contributed by atoms with Gasteiger partial charge in [0.1, 0.15) is 11.9 Å². The first-order valence-corrected chi connectivity index (χ1v) is 9.77. The van der Waals surface area contributed by atoms with Crippen molar-refractivity contribution in [3.8, 4) is 0 Å². The van der Waals surface area contributed by atoms with Gasteiger partial charge in [0.25, 0.3) is 5.91 Å². The average molecular weight is 378 g/mol. The van der Waals surface area contributed by atoms with E-state index in [4.69, 9.17) is 4.52 Å². The largest absolute Gasteiger partial charge is 0.382 e. The van der Waals surface area contributed by atoms with Gasteiger partial charge in [0.15, 0.2) is 5.69 Å². The highest BCUT2D eigenvalue weighted by atomic mass is 16.5. The molecule has 28 heavy (non-hydrogen) atoms. The molecule has 0 saturated heterocycles. The van der Waals surface area contributed by atoms with Crippen LogP contribution in [0.4, 0.5) is 0 Å². The Morgan fingerprint density at radius 3 is 2.82 bits per heavy atom. The van der Waals surface area contributed by atoms with Gasteiger partial charge in [-0.1, -0.05) is 35.5 Å². The van der Waals surface area contributed by atoms with E-state index in [0.717, 1.165) is 48.3 Å². The van der Waals surface area contributed by atoms with E-state index < -0.39 is 6.10 Å². The molecular weight excluding hydrogens is 356 g/mol. The van der Waals surface area contributed by atoms with Crippen LogP contribution < -0.4 is 0 Å². The second kappa shape index (κ2) is 6.91. The molecular formula is C21H22N4O3. The van der Waals surface area contributed by atoms with E-state index in [2.05, 4.69) is 10.3 Å². The zero-order valence-electron chi connectivity index (χ0n) is 15.5. The van der Waals surface area contributed by atoms with Crippen LogP contribution in [-0.2, 0) is 25.9 Å². The number of aryl methyl sites for hydroxylation is 1. The molecule has 5 rings (SSSR count). The van der Waals surface area contributed by atoms with Crippen LogP contribution >= 0.6 is 0 Å². The molecule has 1 amide bonds. The molecule has 0 spiro atoms. The van der Waals surface area contributed by atoms with E-state index >= 15 is 0 Å². The molecule has 7 heteroatoms. The SMILES string of the molecule is O=C(c1noc2c1CCCC2)N1CCn2nc([C@H](O)c3ccccc3)cc2C1. The monoisotopic (exact) mass is 378 g/mol. The van der Waals surface area contributed by atoms with Gasteiger partial charge >= 0.3 is 0 Å². The Morgan fingerprint density at radius 2 is 1.96 bits per heavy atom. The zero-order valence-corrected chi connectivity index (χ0v) is 15.5. The number of aliphatic hydroxyl groups excluding tert-OH is 1. The van der Waals surface area contributed by atoms with Gasteiger partial charge < -0.3 is 14.5 Å². The van der Waals surface area contributed by atoms with Crippen LogP contribution in [0.15, 0.2) is 40.9 Å². The molecule has 3 aromatic rings. The van der Waals surface area contributed by atoms with Crippen LogP contribution in [0.2, 0.25) is 0 Å². The summed E-state index contributed by atoms with van der Waals surface area (Å²) in [5.41, 5.74) is 3.78. The third-order valence-corrected chi connectivity index (χ3v) is 5.65. The van der Waals surface area contributed by atoms with E-state index in [0.29, 0.717) is 31.0 Å². The number of hydrogen-bond donors (Lipinski definition) is 1. The van der Waals surface area contributed by atoms with E-state index in [1.54, 1.807) is 4.90 Å². The summed E-state index contributed by atoms with van der Waals surface area (Å²) in [6, 6.07) is 11.4. The van der Waals surface area contributed by atoms with Crippen molar-refractivity contribution in [2.75, 3.05) is 6.54 Å². The Labute approximate surface area is 162 Å². The molecule has 1 aromatic carbocycles. The van der Waals surface area contributed by atoms with Gasteiger partial charge in [-0.2, -0.15) is 5.10 Å². The number of amides is 1. The van der Waals surface area contributed by atoms with Crippen LogP contribution in [0, 0.1) is 0 Å². The minimum Gasteiger partial charge on any atom is -0.382 e. The molecule has 2 aliphatic rings. The summed E-state index contributed by atoms with van der Waals surface area (Å²) in [5, 5.41) is 19.2. The number of aromatic nitrogens is 3. The molecule has 1 aliphatic heterocycles. The molecule has 7 nitrogen and oxygen atoms in total. The van der Waals surface area contributed by atoms with Crippen LogP contribution in [0.25, 0.3) is 0 Å². The van der Waals surface area contributed by atoms with Crippen molar-refractivity contribution in [3.05, 3.63) is 70.4 Å². The Kier molecular flexibility index (Phi) is 4.24. The smallest absolute Gasteiger partial charge is 0.276 e. The predicted molar refractivity (Wildman–Crippen MR) is 101 cm³/mol. The van der Waals surface area contributed by atoms with Gasteiger partial charge in [-0.15, -0.1) is 0 Å². The molecule has 1 N–H and O–H groups in total. The highest BCUT2D eigenvalue weighted by molar-refractivity contribution is 5.94. The topological polar surface area (TPSA) is 84.4 Å². The van der Waals surface area contributed by atoms with Crippen molar-refractivity contribution < 1.29 is 14.4 Å². The number of nitrogens with zero attached hydrogens (tertiary/aromatic N) is 4. The second-order valence-electron chi connectivity index (χ2n) is 7.46. The predicted octanol–water partition coefficient (Wildman–Crippen LogP) is 2.49. The molecule has 0 fully saturated rings. The van der Waals surface area contributed by atoms with Crippen LogP contribution in [0.1, 0.15) is 57.7 Å². The molecule has 1 aliphatic carbocycles. The molecule has 144 valence electrons. The Hall–Kier alpha value is -2.93. The van der Waals surface area contributed by atoms with Crippen molar-refractivity contribution in [3.63, 3.8) is 0 Å². The van der Waals surface area contributed by atoms with Gasteiger partial charge in [-0.25, -0.2) is 0 Å². The number of carbonyl (C=O) groups excluding carboxylic acids is 1. The lowest BCUT2D eigenvalue weighted by molar-refractivity contribution is 0.0694. The number of fused-ring (bicyclic) bond motifs is 2. The zero-order chi connectivity index (χ0) is 19.1. The van der Waals surface area contributed by atoms with Gasteiger partial charge in [0.05, 0.1) is 24.5 Å². The van der Waals surface area contributed by atoms with Gasteiger partial charge in [-0.05, 0) is 30.9 Å². The molecule has 3 heterocycles. The molecule has 0 bridgehead atoms. The van der Waals surface area contributed by atoms with Crippen molar-refractivity contribution in [1.82, 2.24) is 19.8 Å². The average Bonchev–Trinajstić information content (AvgIpc) is 3.37. The van der Waals surface area contributed by atoms with Crippen molar-refractivity contribution in [1.29, 1.82) is 0 Å². The Bertz CT molecular complexity index is 1010. The summed E-state index contributed by atoms with van der Waals surface area (Å²) < 4.78 is 7.28. The quantitative estimate of drug-likeness (QED) is 0.757. The maximum Gasteiger partial charge on any atom is 0.276 e. The summed E-state index contributed by atoms with van der Waals surface area (Å²) in [4.78, 5) is 14.8. The summed E-state index contributed by atoms with van der Waals surface area (Å²) >= 11 is 0. The van der Waals surface area contributed by atoms with Crippen molar-refractivity contribution in [2.24, 2.45) is 0 Å². The second-order valence-corrected chi connectivity index (χ2v) is 7.46. The number of carbonyl (C=O) groups is 1. The van der Waals surface area contributed by atoms with Gasteiger partial charge in [0.2, 0.25) is 0 Å². The van der Waals surface area contributed by atoms with Crippen LogP contribution in [0.3, 0.4) is 0 Å². The first-order valence-electron chi connectivity index (χ1n) is 9.77. The standard InChI is InChI=1S/C21H22N4O3/c26-20(14-6-2-1-3-7-14)17-12-15-13-24(10-11-25(15)22-17)21(27)19-16-8-4-5-9-18(16)28-23-19/h1-3,6-7,12,20,26H,4-5,8-11,13H2/t20-/m1/s1. The van der Waals surface area contributed by atoms with Crippen LogP contribution in [-0.4, -0.2) is 37.4 Å². The van der Waals surface area contributed by atoms with E-state index in [-0.39, 0.29) is 5.91 Å². The third-order valence-electron chi connectivity index (χ3n) is 5.65. The molecule has 2 aromatic heterocycles. The fourth-order valence-electron chi connectivity index (χ4n) is 4.10. The van der Waals surface area contributed by atoms with Crippen LogP contribution in [0.5, 0.6) is 0 Å². The van der Waals surface area contributed by atoms with E-state index in [9.17, 15) is 9.90 Å². The number of benzene rings is 1. The third kappa shape index (κ3) is 2.92. The van der Waals surface area contributed by atoms with E-state index in [1.165, 1.54) is 0 Å². The fraction of sp³-hybridized carbons (Fsp3) is 0.381. The first-order chi connectivity index (χ1) is 13.7. The normalized spacial score (nSPS) is 17.1. The Balaban J connectivity index is 1.36. The highest BCUT2D eigenvalue weighted by Gasteiger charge is 2.30. The number of aliphatic hydroxyl groups is 1. The summed E-state index contributed by atoms with van der Waals surface area (Å²) in [5.74, 6) is 0.787. The molecule has 0 unspecified atom stereocenters. The summed E-state index contributed by atoms with van der Waals surface area (Å²) in [6.45, 7) is 1.62. The maximum atomic E-state index is 13.0. The fourth-order valence-corrected chi connectivity index (χ4v) is 4.10. The first kappa shape index (κ1) is 17.2. The minimum atomic E-state index is -0.772. The molecule has 0 radical (unpaired) electrons. The number of hydrogen-bond acceptors (Lipinski definition) is 5. The summed E-state index contributed by atoms with van der Waals surface area (Å²) in [7, 11) is 0. The lowest BCUT2D eigenvalue weighted by Gasteiger charge is -2.27. The Morgan fingerprint density at radius 1 is 1.14 bits per heavy atom. The van der Waals surface area contributed by atoms with Crippen molar-refractivity contribution >= 4 is 5.91 Å². The number of rotatable bonds is 3. The molecule has 0 saturated carbocycles.